The van der Waals surface area contributed by atoms with Gasteiger partial charge in [0.15, 0.2) is 7.98 Å². The summed E-state index contributed by atoms with van der Waals surface area (Å²) in [6, 6.07) is 5.64. The van der Waals surface area contributed by atoms with Gasteiger partial charge in [0.2, 0.25) is 0 Å². The van der Waals surface area contributed by atoms with Crippen LogP contribution in [0.3, 0.4) is 0 Å². The van der Waals surface area contributed by atoms with Gasteiger partial charge in [-0.3, -0.25) is 4.79 Å². The molecule has 1 N–H and O–H groups in total. The lowest BCUT2D eigenvalue weighted by Gasteiger charge is -2.29. The van der Waals surface area contributed by atoms with E-state index in [9.17, 15) is 18.0 Å². The number of alkyl halides is 3. The minimum Gasteiger partial charge on any atom is -0.490 e. The molecule has 2 aliphatic rings. The van der Waals surface area contributed by atoms with Gasteiger partial charge in [0.05, 0.1) is 11.9 Å². The highest BCUT2D eigenvalue weighted by Crippen LogP contribution is 2.37. The van der Waals surface area contributed by atoms with Crippen LogP contribution in [0, 0.1) is 0 Å². The van der Waals surface area contributed by atoms with Crippen molar-refractivity contribution in [3.05, 3.63) is 51.4 Å². The summed E-state index contributed by atoms with van der Waals surface area (Å²) in [5, 5.41) is 5.43. The SMILES string of the molecule is BN1CCC(Oc2ccc3c(c2)CN(c2cn[nH]c(=O)c2C(F)(F)F)C3)CC1. The molecule has 1 saturated heterocycles. The van der Waals surface area contributed by atoms with E-state index < -0.39 is 17.3 Å². The molecule has 1 aromatic carbocycles. The molecular formula is C18H20BF3N4O2. The Labute approximate surface area is 160 Å². The number of anilines is 1. The van der Waals surface area contributed by atoms with Gasteiger partial charge in [0, 0.05) is 13.1 Å². The average Bonchev–Trinajstić information content (AvgIpc) is 3.05. The van der Waals surface area contributed by atoms with Crippen LogP contribution in [-0.2, 0) is 19.3 Å². The molecule has 0 unspecified atom stereocenters. The first-order valence-electron chi connectivity index (χ1n) is 9.18. The van der Waals surface area contributed by atoms with E-state index in [1.165, 1.54) is 4.90 Å². The van der Waals surface area contributed by atoms with Gasteiger partial charge in [-0.25, -0.2) is 5.10 Å². The predicted octanol–water partition coefficient (Wildman–Crippen LogP) is 1.70. The Balaban J connectivity index is 1.54. The largest absolute Gasteiger partial charge is 0.490 e. The molecule has 0 saturated carbocycles. The maximum absolute atomic E-state index is 13.3. The van der Waals surface area contributed by atoms with Crippen LogP contribution in [0.4, 0.5) is 18.9 Å². The highest BCUT2D eigenvalue weighted by Gasteiger charge is 2.39. The summed E-state index contributed by atoms with van der Waals surface area (Å²) >= 11 is 0. The van der Waals surface area contributed by atoms with Gasteiger partial charge in [-0.1, -0.05) is 6.07 Å². The second kappa shape index (κ2) is 7.16. The van der Waals surface area contributed by atoms with Gasteiger partial charge in [-0.05, 0) is 49.2 Å². The fourth-order valence-electron chi connectivity index (χ4n) is 3.81. The number of nitrogens with zero attached hydrogens (tertiary/aromatic N) is 3. The third-order valence-electron chi connectivity index (χ3n) is 5.33. The maximum atomic E-state index is 13.3. The number of nitrogens with one attached hydrogen (secondary N) is 1. The molecule has 6 nitrogen and oxygen atoms in total. The van der Waals surface area contributed by atoms with Gasteiger partial charge in [0.1, 0.15) is 17.4 Å². The van der Waals surface area contributed by atoms with E-state index in [-0.39, 0.29) is 24.9 Å². The van der Waals surface area contributed by atoms with E-state index in [4.69, 9.17) is 4.74 Å². The van der Waals surface area contributed by atoms with Crippen molar-refractivity contribution >= 4 is 13.7 Å². The third-order valence-corrected chi connectivity index (χ3v) is 5.33. The van der Waals surface area contributed by atoms with Crippen LogP contribution in [0.5, 0.6) is 5.75 Å². The summed E-state index contributed by atoms with van der Waals surface area (Å²) in [4.78, 5) is 15.5. The highest BCUT2D eigenvalue weighted by molar-refractivity contribution is 6.04. The monoisotopic (exact) mass is 392 g/mol. The number of hydrogen-bond acceptors (Lipinski definition) is 5. The van der Waals surface area contributed by atoms with E-state index in [1.54, 1.807) is 0 Å². The summed E-state index contributed by atoms with van der Waals surface area (Å²) in [6.07, 6.45) is -1.63. The number of H-pyrrole nitrogens is 1. The van der Waals surface area contributed by atoms with Crippen LogP contribution < -0.4 is 15.2 Å². The quantitative estimate of drug-likeness (QED) is 0.806. The molecule has 2 aromatic rings. The Kier molecular flexibility index (Phi) is 4.82. The van der Waals surface area contributed by atoms with Crippen molar-refractivity contribution < 1.29 is 17.9 Å². The lowest BCUT2D eigenvalue weighted by atomic mass is 10.0. The van der Waals surface area contributed by atoms with Crippen LogP contribution in [0.15, 0.2) is 29.2 Å². The van der Waals surface area contributed by atoms with Crippen LogP contribution >= 0.6 is 0 Å². The molecule has 10 heteroatoms. The van der Waals surface area contributed by atoms with Crippen LogP contribution in [0.25, 0.3) is 0 Å². The van der Waals surface area contributed by atoms with E-state index in [1.807, 2.05) is 23.3 Å². The van der Waals surface area contributed by atoms with Gasteiger partial charge in [-0.2, -0.15) is 18.3 Å². The molecule has 3 heterocycles. The van der Waals surface area contributed by atoms with Crippen molar-refractivity contribution in [1.82, 2.24) is 15.0 Å². The topological polar surface area (TPSA) is 61.5 Å². The first-order chi connectivity index (χ1) is 13.3. The molecule has 4 rings (SSSR count). The summed E-state index contributed by atoms with van der Waals surface area (Å²) in [6.45, 7) is 2.53. The van der Waals surface area contributed by atoms with Gasteiger partial charge in [-0.15, -0.1) is 0 Å². The van der Waals surface area contributed by atoms with Crippen LogP contribution in [0.2, 0.25) is 0 Å². The first kappa shape index (κ1) is 18.9. The smallest absolute Gasteiger partial charge is 0.423 e. The second-order valence-electron chi connectivity index (χ2n) is 7.36. The summed E-state index contributed by atoms with van der Waals surface area (Å²) < 4.78 is 46.1. The first-order valence-corrected chi connectivity index (χ1v) is 9.18. The Bertz CT molecular complexity index is 926. The summed E-state index contributed by atoms with van der Waals surface area (Å²) in [5.74, 6) is 0.732. The molecule has 1 fully saturated rings. The van der Waals surface area contributed by atoms with E-state index >= 15 is 0 Å². The molecular weight excluding hydrogens is 372 g/mol. The normalized spacial score (nSPS) is 18.3. The van der Waals surface area contributed by atoms with Crippen molar-refractivity contribution in [2.45, 2.75) is 38.2 Å². The van der Waals surface area contributed by atoms with Gasteiger partial charge >= 0.3 is 6.18 Å². The fourth-order valence-corrected chi connectivity index (χ4v) is 3.81. The molecule has 0 radical (unpaired) electrons. The fraction of sp³-hybridized carbons (Fsp3) is 0.444. The standard InChI is InChI=1S/C18H20BF3N4O2/c19-26-5-3-13(4-6-26)28-14-2-1-11-9-25(10-12(11)7-14)15-8-23-24-17(27)16(15)18(20,21)22/h1-2,7-8,13H,3-6,9-10,19H2,(H,24,27). The maximum Gasteiger partial charge on any atom is 0.423 e. The number of aromatic amines is 1. The number of halogens is 3. The Morgan fingerprint density at radius 1 is 1.18 bits per heavy atom. The Hall–Kier alpha value is -2.49. The van der Waals surface area contributed by atoms with Crippen molar-refractivity contribution in [3.8, 4) is 5.75 Å². The average molecular weight is 392 g/mol. The number of piperidine rings is 1. The zero-order valence-electron chi connectivity index (χ0n) is 15.4. The molecule has 148 valence electrons. The van der Waals surface area contributed by atoms with Crippen molar-refractivity contribution in [3.63, 3.8) is 0 Å². The number of ether oxygens (including phenoxy) is 1. The molecule has 0 spiro atoms. The van der Waals surface area contributed by atoms with Crippen LogP contribution in [0.1, 0.15) is 29.5 Å². The Morgan fingerprint density at radius 2 is 1.89 bits per heavy atom. The van der Waals surface area contributed by atoms with Crippen molar-refractivity contribution in [2.75, 3.05) is 18.0 Å². The number of fused-ring (bicyclic) bond motifs is 1. The minimum absolute atomic E-state index is 0.153. The summed E-state index contributed by atoms with van der Waals surface area (Å²) in [5.41, 5.74) is -0.821. The number of hydrogen-bond donors (Lipinski definition) is 1. The molecule has 0 amide bonds. The van der Waals surface area contributed by atoms with Gasteiger partial charge < -0.3 is 14.4 Å². The highest BCUT2D eigenvalue weighted by atomic mass is 19.4. The second-order valence-corrected chi connectivity index (χ2v) is 7.36. The predicted molar refractivity (Wildman–Crippen MR) is 100.0 cm³/mol. The van der Waals surface area contributed by atoms with Crippen LogP contribution in [-0.4, -0.2) is 42.2 Å². The van der Waals surface area contributed by atoms with Gasteiger partial charge in [0.25, 0.3) is 5.56 Å². The zero-order valence-corrected chi connectivity index (χ0v) is 15.4. The third kappa shape index (κ3) is 3.73. The van der Waals surface area contributed by atoms with Crippen molar-refractivity contribution in [2.24, 2.45) is 0 Å². The van der Waals surface area contributed by atoms with E-state index in [2.05, 4.69) is 17.9 Å². The van der Waals surface area contributed by atoms with Crippen molar-refractivity contribution in [1.29, 1.82) is 0 Å². The lowest BCUT2D eigenvalue weighted by Crippen LogP contribution is -2.36. The Morgan fingerprint density at radius 3 is 2.61 bits per heavy atom. The van der Waals surface area contributed by atoms with E-state index in [0.717, 1.165) is 49.0 Å². The minimum atomic E-state index is -4.75. The molecule has 0 atom stereocenters. The number of rotatable bonds is 3. The lowest BCUT2D eigenvalue weighted by molar-refractivity contribution is -0.138. The molecule has 0 aliphatic carbocycles. The molecule has 0 bridgehead atoms. The summed E-state index contributed by atoms with van der Waals surface area (Å²) in [7, 11) is 2.08. The number of benzene rings is 1. The zero-order chi connectivity index (χ0) is 19.9. The van der Waals surface area contributed by atoms with E-state index in [0.29, 0.717) is 0 Å². The molecule has 2 aliphatic heterocycles. The number of aromatic nitrogens is 2. The molecule has 28 heavy (non-hydrogen) atoms. The molecule has 1 aromatic heterocycles.